The van der Waals surface area contributed by atoms with E-state index in [1.54, 1.807) is 11.3 Å². The van der Waals surface area contributed by atoms with Crippen molar-refractivity contribution in [2.75, 3.05) is 5.73 Å². The standard InChI is InChI=1S/C13H12ClN3S/c1-2-8-6-10(12(14)18-8)7-3-4-9-11(5-7)16-17-13(9)15/h3-6H,2H2,1H3,(H3,15,16,17). The lowest BCUT2D eigenvalue weighted by atomic mass is 10.1. The summed E-state index contributed by atoms with van der Waals surface area (Å²) in [6.07, 6.45) is 1.00. The number of halogens is 1. The number of nitrogens with one attached hydrogen (secondary N) is 1. The maximum Gasteiger partial charge on any atom is 0.153 e. The summed E-state index contributed by atoms with van der Waals surface area (Å²) >= 11 is 7.92. The van der Waals surface area contributed by atoms with Gasteiger partial charge in [-0.2, -0.15) is 5.10 Å². The predicted octanol–water partition coefficient (Wildman–Crippen LogP) is 4.09. The SMILES string of the molecule is CCc1cc(-c2ccc3c(N)n[nH]c3c2)c(Cl)s1. The number of nitrogens with zero attached hydrogens (tertiary/aromatic N) is 1. The molecule has 0 fully saturated rings. The highest BCUT2D eigenvalue weighted by Crippen LogP contribution is 2.37. The zero-order chi connectivity index (χ0) is 12.7. The number of aromatic amines is 1. The summed E-state index contributed by atoms with van der Waals surface area (Å²) in [6.45, 7) is 2.13. The average Bonchev–Trinajstić information content (AvgIpc) is 2.93. The van der Waals surface area contributed by atoms with Crippen LogP contribution < -0.4 is 5.73 Å². The molecule has 0 bridgehead atoms. The van der Waals surface area contributed by atoms with Crippen molar-refractivity contribution in [1.29, 1.82) is 0 Å². The minimum atomic E-state index is 0.530. The number of benzene rings is 1. The van der Waals surface area contributed by atoms with Gasteiger partial charge in [-0.3, -0.25) is 5.10 Å². The number of H-pyrrole nitrogens is 1. The monoisotopic (exact) mass is 277 g/mol. The fourth-order valence-electron chi connectivity index (χ4n) is 2.00. The molecule has 0 saturated heterocycles. The number of nitrogen functional groups attached to an aromatic ring is 1. The number of hydrogen-bond acceptors (Lipinski definition) is 3. The van der Waals surface area contributed by atoms with Crippen LogP contribution in [0.2, 0.25) is 4.34 Å². The zero-order valence-corrected chi connectivity index (χ0v) is 11.4. The first kappa shape index (κ1) is 11.6. The Morgan fingerprint density at radius 1 is 1.39 bits per heavy atom. The van der Waals surface area contributed by atoms with Gasteiger partial charge in [-0.15, -0.1) is 11.3 Å². The van der Waals surface area contributed by atoms with E-state index in [1.165, 1.54) is 4.88 Å². The summed E-state index contributed by atoms with van der Waals surface area (Å²) in [4.78, 5) is 1.29. The molecule has 0 aliphatic rings. The second-order valence-electron chi connectivity index (χ2n) is 4.12. The smallest absolute Gasteiger partial charge is 0.153 e. The number of fused-ring (bicyclic) bond motifs is 1. The van der Waals surface area contributed by atoms with Crippen molar-refractivity contribution in [2.45, 2.75) is 13.3 Å². The topological polar surface area (TPSA) is 54.7 Å². The quantitative estimate of drug-likeness (QED) is 0.741. The van der Waals surface area contributed by atoms with Gasteiger partial charge in [0, 0.05) is 15.8 Å². The van der Waals surface area contributed by atoms with Crippen molar-refractivity contribution in [3.05, 3.63) is 33.5 Å². The normalized spacial score (nSPS) is 11.2. The first-order chi connectivity index (χ1) is 8.69. The number of nitrogens with two attached hydrogens (primary N) is 1. The largest absolute Gasteiger partial charge is 0.382 e. The van der Waals surface area contributed by atoms with Gasteiger partial charge in [-0.25, -0.2) is 0 Å². The van der Waals surface area contributed by atoms with E-state index in [9.17, 15) is 0 Å². The van der Waals surface area contributed by atoms with Crippen LogP contribution in [0.25, 0.3) is 22.0 Å². The summed E-state index contributed by atoms with van der Waals surface area (Å²) in [5.41, 5.74) is 8.86. The minimum Gasteiger partial charge on any atom is -0.382 e. The molecule has 0 aliphatic carbocycles. The first-order valence-electron chi connectivity index (χ1n) is 5.71. The van der Waals surface area contributed by atoms with E-state index in [4.69, 9.17) is 17.3 Å². The fraction of sp³-hybridized carbons (Fsp3) is 0.154. The second-order valence-corrected chi connectivity index (χ2v) is 5.86. The molecule has 0 amide bonds. The van der Waals surface area contributed by atoms with Crippen molar-refractivity contribution in [3.8, 4) is 11.1 Å². The predicted molar refractivity (Wildman–Crippen MR) is 78.2 cm³/mol. The van der Waals surface area contributed by atoms with E-state index in [0.717, 1.165) is 32.8 Å². The van der Waals surface area contributed by atoms with Gasteiger partial charge in [0.1, 0.15) is 4.34 Å². The van der Waals surface area contributed by atoms with Crippen molar-refractivity contribution < 1.29 is 0 Å². The minimum absolute atomic E-state index is 0.530. The molecular formula is C13H12ClN3S. The van der Waals surface area contributed by atoms with Gasteiger partial charge in [-0.1, -0.05) is 24.6 Å². The van der Waals surface area contributed by atoms with E-state index in [2.05, 4.69) is 23.2 Å². The molecule has 18 heavy (non-hydrogen) atoms. The van der Waals surface area contributed by atoms with Crippen LogP contribution in [0.1, 0.15) is 11.8 Å². The van der Waals surface area contributed by atoms with Crippen LogP contribution >= 0.6 is 22.9 Å². The van der Waals surface area contributed by atoms with Crippen LogP contribution in [0.3, 0.4) is 0 Å². The van der Waals surface area contributed by atoms with Crippen LogP contribution in [0.15, 0.2) is 24.3 Å². The van der Waals surface area contributed by atoms with Crippen LogP contribution in [0.5, 0.6) is 0 Å². The molecule has 3 N–H and O–H groups in total. The van der Waals surface area contributed by atoms with E-state index < -0.39 is 0 Å². The second kappa shape index (κ2) is 4.30. The number of thiophene rings is 1. The maximum absolute atomic E-state index is 6.28. The molecule has 2 aromatic heterocycles. The summed E-state index contributed by atoms with van der Waals surface area (Å²) < 4.78 is 0.832. The number of hydrogen-bond donors (Lipinski definition) is 2. The van der Waals surface area contributed by atoms with Crippen molar-refractivity contribution in [2.24, 2.45) is 0 Å². The number of rotatable bonds is 2. The van der Waals surface area contributed by atoms with Gasteiger partial charge < -0.3 is 5.73 Å². The molecule has 0 aliphatic heterocycles. The van der Waals surface area contributed by atoms with Crippen LogP contribution in [0.4, 0.5) is 5.82 Å². The molecule has 0 atom stereocenters. The molecule has 1 aromatic carbocycles. The Kier molecular flexibility index (Phi) is 2.76. The highest BCUT2D eigenvalue weighted by atomic mass is 35.5. The molecule has 0 spiro atoms. The molecule has 2 heterocycles. The fourth-order valence-corrected chi connectivity index (χ4v) is 3.30. The molecule has 5 heteroatoms. The lowest BCUT2D eigenvalue weighted by molar-refractivity contribution is 1.13. The molecule has 3 rings (SSSR count). The Bertz CT molecular complexity index is 714. The van der Waals surface area contributed by atoms with E-state index in [0.29, 0.717) is 5.82 Å². The Labute approximate surface area is 114 Å². The van der Waals surface area contributed by atoms with Crippen LogP contribution in [-0.4, -0.2) is 10.2 Å². The highest BCUT2D eigenvalue weighted by Gasteiger charge is 2.10. The zero-order valence-electron chi connectivity index (χ0n) is 9.83. The molecule has 0 unspecified atom stereocenters. The lowest BCUT2D eigenvalue weighted by Crippen LogP contribution is -1.83. The maximum atomic E-state index is 6.28. The van der Waals surface area contributed by atoms with E-state index in [1.807, 2.05) is 18.2 Å². The van der Waals surface area contributed by atoms with Gasteiger partial charge in [0.05, 0.1) is 5.52 Å². The lowest BCUT2D eigenvalue weighted by Gasteiger charge is -1.99. The van der Waals surface area contributed by atoms with Crippen molar-refractivity contribution in [1.82, 2.24) is 10.2 Å². The highest BCUT2D eigenvalue weighted by molar-refractivity contribution is 7.16. The molecular weight excluding hydrogens is 266 g/mol. The van der Waals surface area contributed by atoms with Crippen molar-refractivity contribution in [3.63, 3.8) is 0 Å². The Balaban J connectivity index is 2.15. The number of aryl methyl sites for hydroxylation is 1. The Hall–Kier alpha value is -1.52. The average molecular weight is 278 g/mol. The molecule has 0 radical (unpaired) electrons. The van der Waals surface area contributed by atoms with Crippen LogP contribution in [-0.2, 0) is 6.42 Å². The summed E-state index contributed by atoms with van der Waals surface area (Å²) in [5, 5.41) is 7.87. The molecule has 0 saturated carbocycles. The van der Waals surface area contributed by atoms with Crippen molar-refractivity contribution >= 4 is 39.7 Å². The summed E-state index contributed by atoms with van der Waals surface area (Å²) in [5.74, 6) is 0.530. The third-order valence-corrected chi connectivity index (χ3v) is 4.49. The molecule has 92 valence electrons. The van der Waals surface area contributed by atoms with Crippen LogP contribution in [0, 0.1) is 0 Å². The number of anilines is 1. The Morgan fingerprint density at radius 3 is 2.94 bits per heavy atom. The van der Waals surface area contributed by atoms with Gasteiger partial charge >= 0.3 is 0 Å². The van der Waals surface area contributed by atoms with Gasteiger partial charge in [0.25, 0.3) is 0 Å². The van der Waals surface area contributed by atoms with Gasteiger partial charge in [0.2, 0.25) is 0 Å². The van der Waals surface area contributed by atoms with E-state index in [-0.39, 0.29) is 0 Å². The van der Waals surface area contributed by atoms with Gasteiger partial charge in [0.15, 0.2) is 5.82 Å². The Morgan fingerprint density at radius 2 is 2.22 bits per heavy atom. The summed E-state index contributed by atoms with van der Waals surface area (Å²) in [6, 6.07) is 8.19. The molecule has 3 aromatic rings. The number of aromatic nitrogens is 2. The third-order valence-electron chi connectivity index (χ3n) is 2.99. The van der Waals surface area contributed by atoms with Gasteiger partial charge in [-0.05, 0) is 30.2 Å². The molecule has 3 nitrogen and oxygen atoms in total. The first-order valence-corrected chi connectivity index (χ1v) is 6.90. The van der Waals surface area contributed by atoms with E-state index >= 15 is 0 Å². The summed E-state index contributed by atoms with van der Waals surface area (Å²) in [7, 11) is 0. The third kappa shape index (κ3) is 1.78.